The lowest BCUT2D eigenvalue weighted by molar-refractivity contribution is -0.143. The number of carboxylic acids is 1. The van der Waals surface area contributed by atoms with Crippen molar-refractivity contribution in [3.63, 3.8) is 0 Å². The third-order valence-corrected chi connectivity index (χ3v) is 3.29. The van der Waals surface area contributed by atoms with Gasteiger partial charge in [0, 0.05) is 13.0 Å². The molecule has 0 fully saturated rings. The number of carbonyl (C=O) groups excluding carboxylic acids is 3. The first-order valence-electron chi connectivity index (χ1n) is 6.02. The number of nitrogens with two attached hydrogens (primary N) is 1. The minimum atomic E-state index is -1.36. The van der Waals surface area contributed by atoms with Crippen LogP contribution in [0.25, 0.3) is 0 Å². The summed E-state index contributed by atoms with van der Waals surface area (Å²) in [5.74, 6) is -3.06. The summed E-state index contributed by atoms with van der Waals surface area (Å²) in [6.45, 7) is 0.0610. The van der Waals surface area contributed by atoms with E-state index in [4.69, 9.17) is 10.8 Å². The van der Waals surface area contributed by atoms with Gasteiger partial charge in [0.05, 0.1) is 11.3 Å². The van der Waals surface area contributed by atoms with Crippen molar-refractivity contribution in [3.05, 3.63) is 22.4 Å². The first kappa shape index (κ1) is 16.6. The van der Waals surface area contributed by atoms with E-state index in [2.05, 4.69) is 10.6 Å². The predicted octanol–water partition coefficient (Wildman–Crippen LogP) is -0.687. The number of nitrogens with one attached hydrogen (secondary N) is 2. The number of carboxylic acid groups (broad SMARTS) is 1. The number of hydrogen-bond acceptors (Lipinski definition) is 5. The lowest BCUT2D eigenvalue weighted by Gasteiger charge is -2.12. The number of primary amides is 1. The van der Waals surface area contributed by atoms with E-state index in [9.17, 15) is 19.2 Å². The number of aliphatic carboxylic acids is 1. The molecule has 114 valence electrons. The van der Waals surface area contributed by atoms with Gasteiger partial charge in [-0.1, -0.05) is 6.07 Å². The Kier molecular flexibility index (Phi) is 6.34. The van der Waals surface area contributed by atoms with Crippen molar-refractivity contribution >= 4 is 35.0 Å². The average molecular weight is 313 g/mol. The smallest absolute Gasteiger partial charge is 0.326 e. The maximum absolute atomic E-state index is 11.6. The maximum Gasteiger partial charge on any atom is 0.326 e. The lowest BCUT2D eigenvalue weighted by atomic mass is 10.2. The second-order valence-electron chi connectivity index (χ2n) is 4.11. The molecule has 1 heterocycles. The van der Waals surface area contributed by atoms with Crippen molar-refractivity contribution in [1.29, 1.82) is 0 Å². The van der Waals surface area contributed by atoms with Gasteiger partial charge in [-0.05, 0) is 11.4 Å². The van der Waals surface area contributed by atoms with Gasteiger partial charge in [-0.2, -0.15) is 0 Å². The van der Waals surface area contributed by atoms with Crippen LogP contribution in [0.15, 0.2) is 17.5 Å². The van der Waals surface area contributed by atoms with Gasteiger partial charge in [-0.15, -0.1) is 11.3 Å². The summed E-state index contributed by atoms with van der Waals surface area (Å²) in [5, 5.41) is 15.3. The summed E-state index contributed by atoms with van der Waals surface area (Å²) in [4.78, 5) is 45.1. The number of carbonyl (C=O) groups is 4. The zero-order valence-electron chi connectivity index (χ0n) is 11.0. The van der Waals surface area contributed by atoms with Crippen LogP contribution in [0.2, 0.25) is 0 Å². The molecule has 3 amide bonds. The molecular formula is C12H15N3O5S. The summed E-state index contributed by atoms with van der Waals surface area (Å²) >= 11 is 1.27. The van der Waals surface area contributed by atoms with Gasteiger partial charge < -0.3 is 21.5 Å². The number of rotatable bonds is 8. The van der Waals surface area contributed by atoms with Crippen LogP contribution in [0.5, 0.6) is 0 Å². The van der Waals surface area contributed by atoms with E-state index < -0.39 is 30.2 Å². The first-order valence-corrected chi connectivity index (χ1v) is 6.90. The summed E-state index contributed by atoms with van der Waals surface area (Å²) in [5.41, 5.74) is 4.89. The van der Waals surface area contributed by atoms with Crippen LogP contribution in [-0.2, 0) is 14.4 Å². The van der Waals surface area contributed by atoms with Gasteiger partial charge >= 0.3 is 5.97 Å². The van der Waals surface area contributed by atoms with Gasteiger partial charge in [0.1, 0.15) is 6.04 Å². The van der Waals surface area contributed by atoms with Crippen LogP contribution in [0, 0.1) is 0 Å². The summed E-state index contributed by atoms with van der Waals surface area (Å²) in [6, 6.07) is 2.02. The number of amides is 3. The minimum absolute atomic E-state index is 0.0610. The lowest BCUT2D eigenvalue weighted by Crippen LogP contribution is -2.44. The minimum Gasteiger partial charge on any atom is -0.480 e. The fraction of sp³-hybridized carbons (Fsp3) is 0.333. The van der Waals surface area contributed by atoms with Crippen molar-refractivity contribution in [2.45, 2.75) is 18.9 Å². The zero-order chi connectivity index (χ0) is 15.8. The SMILES string of the molecule is NC(=O)CC(NC(=O)CCNC(=O)c1cccs1)C(=O)O. The second-order valence-corrected chi connectivity index (χ2v) is 5.06. The highest BCUT2D eigenvalue weighted by Gasteiger charge is 2.21. The monoisotopic (exact) mass is 313 g/mol. The molecular weight excluding hydrogens is 298 g/mol. The zero-order valence-corrected chi connectivity index (χ0v) is 11.8. The maximum atomic E-state index is 11.6. The highest BCUT2D eigenvalue weighted by Crippen LogP contribution is 2.07. The molecule has 21 heavy (non-hydrogen) atoms. The van der Waals surface area contributed by atoms with E-state index in [1.54, 1.807) is 17.5 Å². The Hall–Kier alpha value is -2.42. The molecule has 1 aromatic heterocycles. The molecule has 5 N–H and O–H groups in total. The second kappa shape index (κ2) is 8.00. The fourth-order valence-electron chi connectivity index (χ4n) is 1.45. The highest BCUT2D eigenvalue weighted by molar-refractivity contribution is 7.12. The van der Waals surface area contributed by atoms with E-state index >= 15 is 0 Å². The van der Waals surface area contributed by atoms with Gasteiger partial charge in [0.25, 0.3) is 5.91 Å². The molecule has 1 aromatic rings. The molecule has 1 rings (SSSR count). The molecule has 0 aliphatic heterocycles. The Morgan fingerprint density at radius 1 is 1.33 bits per heavy atom. The van der Waals surface area contributed by atoms with Crippen LogP contribution in [0.4, 0.5) is 0 Å². The molecule has 0 aliphatic rings. The Labute approximate surface area is 124 Å². The number of thiophene rings is 1. The summed E-state index contributed by atoms with van der Waals surface area (Å²) in [6.07, 6.45) is -0.581. The Morgan fingerprint density at radius 3 is 2.57 bits per heavy atom. The van der Waals surface area contributed by atoms with Crippen molar-refractivity contribution in [1.82, 2.24) is 10.6 Å². The van der Waals surface area contributed by atoms with Crippen molar-refractivity contribution in [2.75, 3.05) is 6.54 Å². The van der Waals surface area contributed by atoms with Gasteiger partial charge in [0.2, 0.25) is 11.8 Å². The van der Waals surface area contributed by atoms with Crippen molar-refractivity contribution < 1.29 is 24.3 Å². The molecule has 0 saturated carbocycles. The quantitative estimate of drug-likeness (QED) is 0.503. The first-order chi connectivity index (χ1) is 9.90. The molecule has 0 spiro atoms. The van der Waals surface area contributed by atoms with Crippen LogP contribution in [-0.4, -0.2) is 41.4 Å². The molecule has 0 bridgehead atoms. The third-order valence-electron chi connectivity index (χ3n) is 2.42. The molecule has 0 aromatic carbocycles. The molecule has 0 radical (unpaired) electrons. The molecule has 8 nitrogen and oxygen atoms in total. The predicted molar refractivity (Wildman–Crippen MR) is 74.6 cm³/mol. The third kappa shape index (κ3) is 6.04. The van der Waals surface area contributed by atoms with Crippen LogP contribution in [0.1, 0.15) is 22.5 Å². The van der Waals surface area contributed by atoms with Gasteiger partial charge in [0.15, 0.2) is 0 Å². The van der Waals surface area contributed by atoms with Crippen molar-refractivity contribution in [2.24, 2.45) is 5.73 Å². The number of hydrogen-bond donors (Lipinski definition) is 4. The van der Waals surface area contributed by atoms with Gasteiger partial charge in [-0.3, -0.25) is 14.4 Å². The Morgan fingerprint density at radius 2 is 2.05 bits per heavy atom. The largest absolute Gasteiger partial charge is 0.480 e. The van der Waals surface area contributed by atoms with Crippen LogP contribution < -0.4 is 16.4 Å². The molecule has 1 atom stereocenters. The summed E-state index contributed by atoms with van der Waals surface area (Å²) in [7, 11) is 0. The topological polar surface area (TPSA) is 139 Å². The Bertz CT molecular complexity index is 529. The van der Waals surface area contributed by atoms with Crippen LogP contribution in [0.3, 0.4) is 0 Å². The van der Waals surface area contributed by atoms with Gasteiger partial charge in [-0.25, -0.2) is 4.79 Å². The Balaban J connectivity index is 2.34. The standard InChI is InChI=1S/C12H15N3O5S/c13-9(16)6-7(12(19)20)15-10(17)3-4-14-11(18)8-2-1-5-21-8/h1-2,5,7H,3-4,6H2,(H2,13,16)(H,14,18)(H,15,17)(H,19,20). The normalized spacial score (nSPS) is 11.4. The van der Waals surface area contributed by atoms with Crippen LogP contribution >= 0.6 is 11.3 Å². The summed E-state index contributed by atoms with van der Waals surface area (Å²) < 4.78 is 0. The molecule has 1 unspecified atom stereocenters. The highest BCUT2D eigenvalue weighted by atomic mass is 32.1. The van der Waals surface area contributed by atoms with E-state index in [1.807, 2.05) is 0 Å². The molecule has 9 heteroatoms. The van der Waals surface area contributed by atoms with E-state index in [1.165, 1.54) is 11.3 Å². The fourth-order valence-corrected chi connectivity index (χ4v) is 2.09. The average Bonchev–Trinajstić information content (AvgIpc) is 2.91. The van der Waals surface area contributed by atoms with E-state index in [0.717, 1.165) is 0 Å². The molecule has 0 aliphatic carbocycles. The van der Waals surface area contributed by atoms with Crippen molar-refractivity contribution in [3.8, 4) is 0 Å². The van der Waals surface area contributed by atoms with E-state index in [-0.39, 0.29) is 18.9 Å². The molecule has 0 saturated heterocycles. The van der Waals surface area contributed by atoms with E-state index in [0.29, 0.717) is 4.88 Å².